The SMILES string of the molecule is O[CH]([AlH2])CN1CCN(C[CH](O)[AlH2])CC1. The third-order valence-corrected chi connectivity index (χ3v) is 3.24. The van der Waals surface area contributed by atoms with Crippen LogP contribution in [-0.4, -0.2) is 102 Å². The Balaban J connectivity index is 2.17. The summed E-state index contributed by atoms with van der Waals surface area (Å²) in [5.41, 5.74) is 0. The molecule has 2 atom stereocenters. The van der Waals surface area contributed by atoms with Crippen molar-refractivity contribution in [2.45, 2.75) is 9.93 Å². The Labute approximate surface area is 102 Å². The zero-order chi connectivity index (χ0) is 10.6. The fourth-order valence-electron chi connectivity index (χ4n) is 1.90. The van der Waals surface area contributed by atoms with Gasteiger partial charge in [0.05, 0.1) is 0 Å². The van der Waals surface area contributed by atoms with Gasteiger partial charge in [-0.15, -0.1) is 0 Å². The molecule has 4 nitrogen and oxygen atoms in total. The highest BCUT2D eigenvalue weighted by Gasteiger charge is 2.18. The van der Waals surface area contributed by atoms with Crippen LogP contribution in [0.25, 0.3) is 0 Å². The summed E-state index contributed by atoms with van der Waals surface area (Å²) in [6.07, 6.45) is 0. The molecule has 0 aromatic heterocycles. The minimum Gasteiger partial charge on any atom is -0.408 e. The Morgan fingerprint density at radius 3 is 1.36 bits per heavy atom. The van der Waals surface area contributed by atoms with Crippen LogP contribution < -0.4 is 0 Å². The number of hydrogen-bond acceptors (Lipinski definition) is 4. The lowest BCUT2D eigenvalue weighted by Gasteiger charge is -2.35. The molecule has 14 heavy (non-hydrogen) atoms. The summed E-state index contributed by atoms with van der Waals surface area (Å²) in [4.78, 5) is 4.44. The van der Waals surface area contributed by atoms with Crippen LogP contribution >= 0.6 is 0 Å². The molecule has 0 radical (unpaired) electrons. The minimum absolute atomic E-state index is 0.0919. The Kier molecular flexibility index (Phi) is 6.00. The van der Waals surface area contributed by atoms with Gasteiger partial charge in [-0.25, -0.2) is 0 Å². The minimum atomic E-state index is -0.0919. The van der Waals surface area contributed by atoms with Gasteiger partial charge in [0.25, 0.3) is 32.6 Å². The van der Waals surface area contributed by atoms with Gasteiger partial charge >= 0.3 is 0 Å². The van der Waals surface area contributed by atoms with Crippen LogP contribution in [-0.2, 0) is 0 Å². The molecular formula is C8H20Al2N2O2. The Morgan fingerprint density at radius 2 is 1.14 bits per heavy atom. The summed E-state index contributed by atoms with van der Waals surface area (Å²) in [6, 6.07) is 0. The molecule has 1 aliphatic rings. The van der Waals surface area contributed by atoms with Crippen LogP contribution in [0.1, 0.15) is 0 Å². The first-order valence-corrected chi connectivity index (χ1v) is 7.69. The number of aliphatic hydroxyl groups is 2. The summed E-state index contributed by atoms with van der Waals surface area (Å²) < 4.78 is 0. The van der Waals surface area contributed by atoms with Gasteiger partial charge in [0.2, 0.25) is 0 Å². The Hall–Kier alpha value is 0.905. The normalized spacial score (nSPS) is 24.7. The maximum absolute atomic E-state index is 9.29. The van der Waals surface area contributed by atoms with Gasteiger partial charge in [0, 0.05) is 49.2 Å². The average Bonchev–Trinajstić information content (AvgIpc) is 2.06. The molecule has 80 valence electrons. The highest BCUT2D eigenvalue weighted by atomic mass is 27.1. The molecule has 0 spiro atoms. The van der Waals surface area contributed by atoms with Crippen LogP contribution in [0, 0.1) is 0 Å². The second-order valence-electron chi connectivity index (χ2n) is 4.30. The average molecular weight is 230 g/mol. The maximum Gasteiger partial charge on any atom is 0.260 e. The number of piperazine rings is 1. The first-order chi connectivity index (χ1) is 6.58. The highest BCUT2D eigenvalue weighted by molar-refractivity contribution is 6.11. The van der Waals surface area contributed by atoms with Gasteiger partial charge in [-0.1, -0.05) is 0 Å². The van der Waals surface area contributed by atoms with Crippen LogP contribution in [0.4, 0.5) is 0 Å². The third-order valence-electron chi connectivity index (χ3n) is 2.51. The van der Waals surface area contributed by atoms with E-state index < -0.39 is 0 Å². The molecule has 1 heterocycles. The predicted molar refractivity (Wildman–Crippen MR) is 62.0 cm³/mol. The molecule has 0 amide bonds. The molecule has 1 aliphatic heterocycles. The lowest BCUT2D eigenvalue weighted by Crippen LogP contribution is -2.50. The number of aliphatic hydroxyl groups excluding tert-OH is 2. The molecule has 0 aromatic rings. The van der Waals surface area contributed by atoms with Crippen molar-refractivity contribution in [3.8, 4) is 0 Å². The molecule has 1 saturated heterocycles. The molecule has 0 bridgehead atoms. The lowest BCUT2D eigenvalue weighted by atomic mass is 10.3. The van der Waals surface area contributed by atoms with E-state index in [9.17, 15) is 10.2 Å². The first-order valence-electron chi connectivity index (χ1n) is 5.38. The smallest absolute Gasteiger partial charge is 0.260 e. The van der Waals surface area contributed by atoms with E-state index in [4.69, 9.17) is 0 Å². The van der Waals surface area contributed by atoms with Gasteiger partial charge in [-0.3, -0.25) is 9.80 Å². The predicted octanol–water partition coefficient (Wildman–Crippen LogP) is -3.49. The number of nitrogens with zero attached hydrogens (tertiary/aromatic N) is 2. The highest BCUT2D eigenvalue weighted by Crippen LogP contribution is 2.02. The largest absolute Gasteiger partial charge is 0.408 e. The summed E-state index contributed by atoms with van der Waals surface area (Å²) in [5.74, 6) is 0. The first kappa shape index (κ1) is 13.0. The zero-order valence-electron chi connectivity index (χ0n) is 9.19. The molecule has 0 saturated carbocycles. The van der Waals surface area contributed by atoms with Crippen LogP contribution in [0.15, 0.2) is 0 Å². The van der Waals surface area contributed by atoms with Crippen molar-refractivity contribution in [2.75, 3.05) is 39.3 Å². The van der Waals surface area contributed by atoms with Gasteiger partial charge in [-0.2, -0.15) is 0 Å². The number of β-amino-alcohol motifs (C(OH)–C–C–N with tert-alkyl or cyclic N) is 2. The Bertz CT molecular complexity index is 143. The van der Waals surface area contributed by atoms with E-state index in [0.29, 0.717) is 0 Å². The quantitative estimate of drug-likeness (QED) is 0.492. The summed E-state index contributed by atoms with van der Waals surface area (Å²) in [5, 5.41) is 18.6. The molecule has 1 fully saturated rings. The molecule has 0 aliphatic carbocycles. The van der Waals surface area contributed by atoms with Crippen LogP contribution in [0.5, 0.6) is 0 Å². The zero-order valence-corrected chi connectivity index (χ0v) is 13.2. The second-order valence-corrected chi connectivity index (χ2v) is 6.97. The van der Waals surface area contributed by atoms with Crippen molar-refractivity contribution in [3.05, 3.63) is 0 Å². The fourth-order valence-corrected chi connectivity index (χ4v) is 2.93. The summed E-state index contributed by atoms with van der Waals surface area (Å²) in [6.45, 7) is 5.81. The summed E-state index contributed by atoms with van der Waals surface area (Å²) in [7, 11) is 0. The standard InChI is InChI=1S/C8H16N2O2.2Al.4H/c11-7-5-9-1-2-10(4-3-9)6-8-12;;;;;;/h7-8,11-12H,1-6H2;;;;;;. The van der Waals surface area contributed by atoms with Gasteiger partial charge in [0.15, 0.2) is 0 Å². The van der Waals surface area contributed by atoms with Gasteiger partial charge in [-0.05, 0) is 0 Å². The van der Waals surface area contributed by atoms with Gasteiger partial charge < -0.3 is 10.2 Å². The fraction of sp³-hybridized carbons (Fsp3) is 1.00. The Morgan fingerprint density at radius 1 is 0.857 bits per heavy atom. The molecule has 6 heteroatoms. The van der Waals surface area contributed by atoms with E-state index in [-0.39, 0.29) is 9.93 Å². The summed E-state index contributed by atoms with van der Waals surface area (Å²) >= 11 is 1.72. The van der Waals surface area contributed by atoms with E-state index in [2.05, 4.69) is 9.80 Å². The van der Waals surface area contributed by atoms with Crippen molar-refractivity contribution in [1.29, 1.82) is 0 Å². The number of rotatable bonds is 4. The molecule has 1 rings (SSSR count). The second kappa shape index (κ2) is 6.48. The topological polar surface area (TPSA) is 46.9 Å². The monoisotopic (exact) mass is 230 g/mol. The van der Waals surface area contributed by atoms with Crippen molar-refractivity contribution < 1.29 is 10.2 Å². The number of hydrogen-bond donors (Lipinski definition) is 2. The molecule has 0 aromatic carbocycles. The van der Waals surface area contributed by atoms with E-state index >= 15 is 0 Å². The van der Waals surface area contributed by atoms with Crippen molar-refractivity contribution >= 4 is 32.6 Å². The van der Waals surface area contributed by atoms with Crippen LogP contribution in [0.2, 0.25) is 0 Å². The molecule has 2 unspecified atom stereocenters. The van der Waals surface area contributed by atoms with Crippen molar-refractivity contribution in [3.63, 3.8) is 0 Å². The van der Waals surface area contributed by atoms with Crippen molar-refractivity contribution in [1.82, 2.24) is 9.80 Å². The maximum atomic E-state index is 9.29. The third kappa shape index (κ3) is 5.12. The van der Waals surface area contributed by atoms with Crippen molar-refractivity contribution in [2.24, 2.45) is 0 Å². The molecular weight excluding hydrogens is 210 g/mol. The van der Waals surface area contributed by atoms with E-state index in [1.807, 2.05) is 0 Å². The van der Waals surface area contributed by atoms with Gasteiger partial charge in [0.1, 0.15) is 0 Å². The molecule has 2 N–H and O–H groups in total. The van der Waals surface area contributed by atoms with Crippen LogP contribution in [0.3, 0.4) is 0 Å². The van der Waals surface area contributed by atoms with E-state index in [0.717, 1.165) is 71.8 Å². The lowest BCUT2D eigenvalue weighted by molar-refractivity contribution is 0.0826. The van der Waals surface area contributed by atoms with E-state index in [1.54, 1.807) is 0 Å². The van der Waals surface area contributed by atoms with E-state index in [1.165, 1.54) is 0 Å².